The van der Waals surface area contributed by atoms with Crippen molar-refractivity contribution in [1.82, 2.24) is 9.78 Å². The van der Waals surface area contributed by atoms with Crippen molar-refractivity contribution in [2.75, 3.05) is 24.9 Å². The third-order valence-corrected chi connectivity index (χ3v) is 6.48. The minimum Gasteiger partial charge on any atom is -0.493 e. The normalized spacial score (nSPS) is 17.6. The molecule has 0 fully saturated rings. The first kappa shape index (κ1) is 19.4. The zero-order valence-corrected chi connectivity index (χ0v) is 18.5. The zero-order chi connectivity index (χ0) is 22.7. The number of anilines is 2. The topological polar surface area (TPSA) is 77.4 Å². The van der Waals surface area contributed by atoms with Gasteiger partial charge in [0.1, 0.15) is 5.82 Å². The molecule has 2 aliphatic heterocycles. The summed E-state index contributed by atoms with van der Waals surface area (Å²) in [6.07, 6.45) is 0. The summed E-state index contributed by atoms with van der Waals surface area (Å²) in [5.41, 5.74) is 4.85. The number of benzene rings is 3. The highest BCUT2D eigenvalue weighted by atomic mass is 16.5. The molecular weight excluding hydrogens is 416 g/mol. The van der Waals surface area contributed by atoms with Gasteiger partial charge in [0.2, 0.25) is 0 Å². The molecule has 164 valence electrons. The molecule has 1 aromatic heterocycles. The molecule has 0 saturated carbocycles. The van der Waals surface area contributed by atoms with Gasteiger partial charge in [-0.1, -0.05) is 36.4 Å². The van der Waals surface area contributed by atoms with Crippen LogP contribution in [0.2, 0.25) is 0 Å². The lowest BCUT2D eigenvalue weighted by Gasteiger charge is -2.37. The van der Waals surface area contributed by atoms with Crippen molar-refractivity contribution in [2.24, 2.45) is 0 Å². The number of para-hydroxylation sites is 2. The summed E-state index contributed by atoms with van der Waals surface area (Å²) in [5, 5.41) is 11.5. The predicted molar refractivity (Wildman–Crippen MR) is 126 cm³/mol. The minimum atomic E-state index is -1.14. The third-order valence-electron chi connectivity index (χ3n) is 6.48. The number of nitrogens with zero attached hydrogens (tertiary/aromatic N) is 2. The van der Waals surface area contributed by atoms with Crippen molar-refractivity contribution in [3.63, 3.8) is 0 Å². The monoisotopic (exact) mass is 438 g/mol. The third kappa shape index (κ3) is 2.50. The number of aryl methyl sites for hydroxylation is 1. The van der Waals surface area contributed by atoms with Gasteiger partial charge in [-0.15, -0.1) is 0 Å². The van der Waals surface area contributed by atoms with Crippen LogP contribution in [0.15, 0.2) is 66.7 Å². The Morgan fingerprint density at radius 1 is 0.909 bits per heavy atom. The van der Waals surface area contributed by atoms with Crippen molar-refractivity contribution >= 4 is 17.4 Å². The number of nitrogens with one attached hydrogen (secondary N) is 2. The number of hydrogen-bond donors (Lipinski definition) is 2. The highest BCUT2D eigenvalue weighted by Crippen LogP contribution is 2.54. The first-order valence-electron chi connectivity index (χ1n) is 10.7. The number of carbonyl (C=O) groups is 1. The standard InChI is InChI=1S/C26H22N4O3/c1-15-23-17-13-21(32-2)22(33-3)14-19(17)26(18-11-7-8-12-20(18)27-25(26)31)28-24(23)30(29-15)16-9-5-4-6-10-16/h4-14,28H,1-3H3,(H,27,31)/t26-/m1/s1. The maximum Gasteiger partial charge on any atom is 0.259 e. The molecule has 1 amide bonds. The summed E-state index contributed by atoms with van der Waals surface area (Å²) < 4.78 is 13.1. The first-order chi connectivity index (χ1) is 16.1. The molecule has 33 heavy (non-hydrogen) atoms. The Labute approximate surface area is 191 Å². The van der Waals surface area contributed by atoms with E-state index in [1.165, 1.54) is 0 Å². The molecule has 0 unspecified atom stereocenters. The molecule has 7 nitrogen and oxygen atoms in total. The van der Waals surface area contributed by atoms with Crippen molar-refractivity contribution in [2.45, 2.75) is 12.5 Å². The molecule has 7 heteroatoms. The second kappa shape index (κ2) is 6.87. The van der Waals surface area contributed by atoms with Gasteiger partial charge < -0.3 is 20.1 Å². The molecule has 6 rings (SSSR count). The Kier molecular flexibility index (Phi) is 4.04. The average Bonchev–Trinajstić information content (AvgIpc) is 3.33. The lowest BCUT2D eigenvalue weighted by molar-refractivity contribution is -0.118. The number of aromatic nitrogens is 2. The summed E-state index contributed by atoms with van der Waals surface area (Å²) in [4.78, 5) is 13.7. The largest absolute Gasteiger partial charge is 0.493 e. The molecular formula is C26H22N4O3. The molecule has 4 aromatic rings. The first-order valence-corrected chi connectivity index (χ1v) is 10.7. The van der Waals surface area contributed by atoms with Gasteiger partial charge in [-0.05, 0) is 42.8 Å². The molecule has 0 saturated heterocycles. The van der Waals surface area contributed by atoms with Crippen LogP contribution < -0.4 is 20.1 Å². The van der Waals surface area contributed by atoms with Gasteiger partial charge in [0.05, 0.1) is 25.6 Å². The zero-order valence-electron chi connectivity index (χ0n) is 18.5. The fourth-order valence-electron chi connectivity index (χ4n) is 5.01. The maximum absolute atomic E-state index is 13.7. The highest BCUT2D eigenvalue weighted by molar-refractivity contribution is 6.13. The summed E-state index contributed by atoms with van der Waals surface area (Å²) >= 11 is 0. The second-order valence-corrected chi connectivity index (χ2v) is 8.18. The Balaban J connectivity index is 1.72. The van der Waals surface area contributed by atoms with Crippen LogP contribution >= 0.6 is 0 Å². The lowest BCUT2D eigenvalue weighted by atomic mass is 9.76. The van der Waals surface area contributed by atoms with E-state index in [1.54, 1.807) is 14.2 Å². The number of fused-ring (bicyclic) bond motifs is 6. The van der Waals surface area contributed by atoms with Crippen LogP contribution in [0.4, 0.5) is 11.5 Å². The van der Waals surface area contributed by atoms with Crippen molar-refractivity contribution < 1.29 is 14.3 Å². The van der Waals surface area contributed by atoms with Gasteiger partial charge in [0, 0.05) is 22.4 Å². The summed E-state index contributed by atoms with van der Waals surface area (Å²) in [6, 6.07) is 21.5. The Bertz CT molecular complexity index is 1430. The van der Waals surface area contributed by atoms with E-state index in [4.69, 9.17) is 14.6 Å². The van der Waals surface area contributed by atoms with Crippen molar-refractivity contribution in [1.29, 1.82) is 0 Å². The van der Waals surface area contributed by atoms with Crippen molar-refractivity contribution in [3.8, 4) is 28.3 Å². The average molecular weight is 438 g/mol. The van der Waals surface area contributed by atoms with Gasteiger partial charge in [-0.3, -0.25) is 4.79 Å². The Hall–Kier alpha value is -4.26. The molecule has 2 aliphatic rings. The van der Waals surface area contributed by atoms with E-state index in [2.05, 4.69) is 10.6 Å². The smallest absolute Gasteiger partial charge is 0.259 e. The Morgan fingerprint density at radius 3 is 2.36 bits per heavy atom. The predicted octanol–water partition coefficient (Wildman–Crippen LogP) is 4.49. The summed E-state index contributed by atoms with van der Waals surface area (Å²) in [6.45, 7) is 1.97. The van der Waals surface area contributed by atoms with Crippen LogP contribution in [0.25, 0.3) is 16.8 Å². The van der Waals surface area contributed by atoms with E-state index < -0.39 is 5.54 Å². The fraction of sp³-hybridized carbons (Fsp3) is 0.154. The summed E-state index contributed by atoms with van der Waals surface area (Å²) in [5.74, 6) is 1.76. The van der Waals surface area contributed by atoms with E-state index in [1.807, 2.05) is 78.3 Å². The van der Waals surface area contributed by atoms with Gasteiger partial charge >= 0.3 is 0 Å². The highest BCUT2D eigenvalue weighted by Gasteiger charge is 2.53. The van der Waals surface area contributed by atoms with Gasteiger partial charge in [0.15, 0.2) is 17.0 Å². The van der Waals surface area contributed by atoms with E-state index >= 15 is 0 Å². The molecule has 3 aromatic carbocycles. The quantitative estimate of drug-likeness (QED) is 0.493. The molecule has 1 atom stereocenters. The van der Waals surface area contributed by atoms with E-state index in [9.17, 15) is 4.79 Å². The van der Waals surface area contributed by atoms with Gasteiger partial charge in [-0.2, -0.15) is 5.10 Å². The van der Waals surface area contributed by atoms with E-state index in [0.717, 1.165) is 45.1 Å². The van der Waals surface area contributed by atoms with Crippen LogP contribution in [-0.2, 0) is 10.3 Å². The molecule has 3 heterocycles. The van der Waals surface area contributed by atoms with Crippen LogP contribution in [0.5, 0.6) is 11.5 Å². The fourth-order valence-corrected chi connectivity index (χ4v) is 5.01. The number of hydrogen-bond acceptors (Lipinski definition) is 5. The van der Waals surface area contributed by atoms with Crippen LogP contribution in [0.3, 0.4) is 0 Å². The molecule has 1 spiro atoms. The molecule has 0 radical (unpaired) electrons. The number of rotatable bonds is 3. The van der Waals surface area contributed by atoms with E-state index in [0.29, 0.717) is 11.5 Å². The second-order valence-electron chi connectivity index (χ2n) is 8.18. The van der Waals surface area contributed by atoms with Crippen LogP contribution in [-0.4, -0.2) is 29.9 Å². The molecule has 0 bridgehead atoms. The minimum absolute atomic E-state index is 0.152. The Morgan fingerprint density at radius 2 is 1.61 bits per heavy atom. The SMILES string of the molecule is COc1cc2c(cc1OC)[C@@]1(Nc3c-2c(C)nn3-c2ccccc2)C(=O)Nc2ccccc21. The maximum atomic E-state index is 13.7. The van der Waals surface area contributed by atoms with E-state index in [-0.39, 0.29) is 5.91 Å². The summed E-state index contributed by atoms with van der Waals surface area (Å²) in [7, 11) is 3.21. The van der Waals surface area contributed by atoms with Gasteiger partial charge in [0.25, 0.3) is 5.91 Å². The number of carbonyl (C=O) groups excluding carboxylic acids is 1. The lowest BCUT2D eigenvalue weighted by Crippen LogP contribution is -2.46. The number of methoxy groups -OCH3 is 2. The number of amides is 1. The number of ether oxygens (including phenoxy) is 2. The van der Waals surface area contributed by atoms with Gasteiger partial charge in [-0.25, -0.2) is 4.68 Å². The molecule has 2 N–H and O–H groups in total. The van der Waals surface area contributed by atoms with Crippen molar-refractivity contribution in [3.05, 3.63) is 83.6 Å². The molecule has 0 aliphatic carbocycles. The van der Waals surface area contributed by atoms with Crippen LogP contribution in [0, 0.1) is 6.92 Å². The van der Waals surface area contributed by atoms with Crippen LogP contribution in [0.1, 0.15) is 16.8 Å².